The largest absolute Gasteiger partial charge is 0.389 e. The minimum atomic E-state index is -0.379. The van der Waals surface area contributed by atoms with Crippen LogP contribution in [0.4, 0.5) is 0 Å². The summed E-state index contributed by atoms with van der Waals surface area (Å²) < 4.78 is 5.26. The minimum absolute atomic E-state index is 0.379. The number of benzene rings is 1. The lowest BCUT2D eigenvalue weighted by molar-refractivity contribution is 0.0199. The van der Waals surface area contributed by atoms with Crippen molar-refractivity contribution >= 4 is 0 Å². The fraction of sp³-hybridized carbons (Fsp3) is 0.600. The summed E-state index contributed by atoms with van der Waals surface area (Å²) in [6.45, 7) is 5.76. The fourth-order valence-electron chi connectivity index (χ4n) is 2.53. The molecule has 0 saturated heterocycles. The molecule has 0 saturated carbocycles. The summed E-state index contributed by atoms with van der Waals surface area (Å²) >= 11 is 0. The van der Waals surface area contributed by atoms with Crippen molar-refractivity contribution in [2.24, 2.45) is 0 Å². The molecule has 3 nitrogen and oxygen atoms in total. The Morgan fingerprint density at radius 3 is 2.89 bits per heavy atom. The zero-order chi connectivity index (χ0) is 12.8. The minimum Gasteiger partial charge on any atom is -0.389 e. The molecular weight excluding hydrogens is 226 g/mol. The first-order valence-electron chi connectivity index (χ1n) is 6.84. The molecule has 0 radical (unpaired) electrons. The Balaban J connectivity index is 1.91. The Morgan fingerprint density at radius 2 is 2.11 bits per heavy atom. The smallest absolute Gasteiger partial charge is 0.0900 e. The van der Waals surface area contributed by atoms with Crippen molar-refractivity contribution in [2.45, 2.75) is 32.4 Å². The van der Waals surface area contributed by atoms with Crippen LogP contribution in [-0.4, -0.2) is 42.4 Å². The van der Waals surface area contributed by atoms with Crippen LogP contribution < -0.4 is 0 Å². The van der Waals surface area contributed by atoms with Crippen molar-refractivity contribution in [1.82, 2.24) is 4.90 Å². The van der Waals surface area contributed by atoms with Gasteiger partial charge in [-0.15, -0.1) is 0 Å². The average Bonchev–Trinajstić information content (AvgIpc) is 2.57. The predicted molar refractivity (Wildman–Crippen MR) is 72.5 cm³/mol. The quantitative estimate of drug-likeness (QED) is 0.864. The third kappa shape index (κ3) is 3.80. The Labute approximate surface area is 109 Å². The topological polar surface area (TPSA) is 32.7 Å². The molecule has 3 heteroatoms. The van der Waals surface area contributed by atoms with Crippen molar-refractivity contribution < 1.29 is 9.84 Å². The summed E-state index contributed by atoms with van der Waals surface area (Å²) in [6.07, 6.45) is 1.93. The van der Waals surface area contributed by atoms with Gasteiger partial charge in [0.1, 0.15) is 0 Å². The summed E-state index contributed by atoms with van der Waals surface area (Å²) in [6, 6.07) is 8.62. The second kappa shape index (κ2) is 6.88. The zero-order valence-electron chi connectivity index (χ0n) is 11.1. The Kier molecular flexibility index (Phi) is 5.17. The van der Waals surface area contributed by atoms with Gasteiger partial charge in [0, 0.05) is 19.7 Å². The highest BCUT2D eigenvalue weighted by Gasteiger charge is 2.16. The van der Waals surface area contributed by atoms with Gasteiger partial charge in [-0.1, -0.05) is 24.3 Å². The van der Waals surface area contributed by atoms with Crippen LogP contribution in [0.15, 0.2) is 24.3 Å². The van der Waals surface area contributed by atoms with Crippen LogP contribution >= 0.6 is 0 Å². The fourth-order valence-corrected chi connectivity index (χ4v) is 2.53. The summed E-state index contributed by atoms with van der Waals surface area (Å²) in [5.74, 6) is 0. The number of hydrogen-bond donors (Lipinski definition) is 1. The average molecular weight is 249 g/mol. The van der Waals surface area contributed by atoms with Crippen LogP contribution in [0.5, 0.6) is 0 Å². The summed E-state index contributed by atoms with van der Waals surface area (Å²) in [4.78, 5) is 2.33. The highest BCUT2D eigenvalue weighted by Crippen LogP contribution is 2.18. The first-order chi connectivity index (χ1) is 8.79. The molecule has 1 aliphatic rings. The standard InChI is InChI=1S/C15H23NO2/c1-2-18-12-15(17)11-16-9-5-8-13-6-3-4-7-14(13)10-16/h3-4,6-7,15,17H,2,5,8-12H2,1H3. The summed E-state index contributed by atoms with van der Waals surface area (Å²) in [5, 5.41) is 9.91. The molecule has 100 valence electrons. The second-order valence-electron chi connectivity index (χ2n) is 4.92. The highest BCUT2D eigenvalue weighted by atomic mass is 16.5. The molecule has 2 rings (SSSR count). The summed E-state index contributed by atoms with van der Waals surface area (Å²) in [7, 11) is 0. The van der Waals surface area contributed by atoms with Crippen LogP contribution in [-0.2, 0) is 17.7 Å². The third-order valence-corrected chi connectivity index (χ3v) is 3.42. The number of aryl methyl sites for hydroxylation is 1. The Morgan fingerprint density at radius 1 is 1.33 bits per heavy atom. The van der Waals surface area contributed by atoms with E-state index >= 15 is 0 Å². The number of ether oxygens (including phenoxy) is 1. The molecule has 0 amide bonds. The van der Waals surface area contributed by atoms with E-state index in [9.17, 15) is 5.11 Å². The van der Waals surface area contributed by atoms with Crippen LogP contribution in [0.1, 0.15) is 24.5 Å². The van der Waals surface area contributed by atoms with Gasteiger partial charge < -0.3 is 9.84 Å². The van der Waals surface area contributed by atoms with E-state index in [-0.39, 0.29) is 6.10 Å². The Bertz CT molecular complexity index is 367. The monoisotopic (exact) mass is 249 g/mol. The lowest BCUT2D eigenvalue weighted by atomic mass is 10.0. The lowest BCUT2D eigenvalue weighted by Crippen LogP contribution is -2.34. The second-order valence-corrected chi connectivity index (χ2v) is 4.92. The van der Waals surface area contributed by atoms with Gasteiger partial charge in [0.05, 0.1) is 12.7 Å². The van der Waals surface area contributed by atoms with E-state index in [1.165, 1.54) is 17.5 Å². The number of nitrogens with zero attached hydrogens (tertiary/aromatic N) is 1. The molecular formula is C15H23NO2. The highest BCUT2D eigenvalue weighted by molar-refractivity contribution is 5.27. The van der Waals surface area contributed by atoms with Gasteiger partial charge in [-0.3, -0.25) is 4.90 Å². The van der Waals surface area contributed by atoms with Crippen molar-refractivity contribution in [3.63, 3.8) is 0 Å². The first-order valence-corrected chi connectivity index (χ1v) is 6.84. The molecule has 1 heterocycles. The molecule has 0 fully saturated rings. The van der Waals surface area contributed by atoms with Gasteiger partial charge in [-0.05, 0) is 37.4 Å². The molecule has 1 atom stereocenters. The lowest BCUT2D eigenvalue weighted by Gasteiger charge is -2.23. The molecule has 0 bridgehead atoms. The first kappa shape index (κ1) is 13.5. The van der Waals surface area contributed by atoms with Gasteiger partial charge in [-0.2, -0.15) is 0 Å². The van der Waals surface area contributed by atoms with E-state index in [1.807, 2.05) is 6.92 Å². The van der Waals surface area contributed by atoms with Crippen molar-refractivity contribution in [3.8, 4) is 0 Å². The summed E-state index contributed by atoms with van der Waals surface area (Å²) in [5.41, 5.74) is 2.86. The van der Waals surface area contributed by atoms with E-state index < -0.39 is 0 Å². The molecule has 18 heavy (non-hydrogen) atoms. The van der Waals surface area contributed by atoms with E-state index in [0.717, 1.165) is 19.5 Å². The Hall–Kier alpha value is -0.900. The van der Waals surface area contributed by atoms with Crippen LogP contribution in [0.25, 0.3) is 0 Å². The van der Waals surface area contributed by atoms with Crippen LogP contribution in [0, 0.1) is 0 Å². The van der Waals surface area contributed by atoms with Gasteiger partial charge >= 0.3 is 0 Å². The molecule has 1 aromatic rings. The van der Waals surface area contributed by atoms with Gasteiger partial charge in [0.25, 0.3) is 0 Å². The number of aliphatic hydroxyl groups excluding tert-OH is 1. The maximum absolute atomic E-state index is 9.91. The van der Waals surface area contributed by atoms with E-state index in [2.05, 4.69) is 29.2 Å². The third-order valence-electron chi connectivity index (χ3n) is 3.42. The molecule has 0 aliphatic carbocycles. The van der Waals surface area contributed by atoms with Gasteiger partial charge in [0.2, 0.25) is 0 Å². The van der Waals surface area contributed by atoms with Gasteiger partial charge in [-0.25, -0.2) is 0 Å². The van der Waals surface area contributed by atoms with Gasteiger partial charge in [0.15, 0.2) is 0 Å². The van der Waals surface area contributed by atoms with Crippen molar-refractivity contribution in [1.29, 1.82) is 0 Å². The number of fused-ring (bicyclic) bond motifs is 1. The number of β-amino-alcohol motifs (C(OH)–C–C–N with tert-alkyl or cyclic N) is 1. The molecule has 1 aliphatic heterocycles. The molecule has 0 spiro atoms. The molecule has 1 N–H and O–H groups in total. The maximum atomic E-state index is 9.91. The number of rotatable bonds is 5. The van der Waals surface area contributed by atoms with E-state index in [0.29, 0.717) is 19.8 Å². The zero-order valence-corrected chi connectivity index (χ0v) is 11.1. The van der Waals surface area contributed by atoms with Crippen molar-refractivity contribution in [2.75, 3.05) is 26.3 Å². The molecule has 1 aromatic carbocycles. The molecule has 1 unspecified atom stereocenters. The molecule has 0 aromatic heterocycles. The normalized spacial score (nSPS) is 18.1. The number of aliphatic hydroxyl groups is 1. The maximum Gasteiger partial charge on any atom is 0.0900 e. The SMILES string of the molecule is CCOCC(O)CN1CCCc2ccccc2C1. The van der Waals surface area contributed by atoms with E-state index in [4.69, 9.17) is 4.74 Å². The van der Waals surface area contributed by atoms with Crippen molar-refractivity contribution in [3.05, 3.63) is 35.4 Å². The van der Waals surface area contributed by atoms with Crippen LogP contribution in [0.2, 0.25) is 0 Å². The van der Waals surface area contributed by atoms with E-state index in [1.54, 1.807) is 0 Å². The predicted octanol–water partition coefficient (Wildman–Crippen LogP) is 1.83. The number of hydrogen-bond acceptors (Lipinski definition) is 3. The van der Waals surface area contributed by atoms with Crippen LogP contribution in [0.3, 0.4) is 0 Å².